The zero-order valence-corrected chi connectivity index (χ0v) is 16.6. The summed E-state index contributed by atoms with van der Waals surface area (Å²) in [6.07, 6.45) is 7.23. The standard InChI is InChI=1S/C21H24N6O2/c1-14-18(15(2)29-26-14)5-6-20(28)24-17-8-11-27(13-17)21-23-10-7-19(25-21)16-4-3-9-22-12-16/h3-4,7,9-10,12,17H,5-6,8,11,13H2,1-2H3,(H,24,28). The molecule has 1 fully saturated rings. The van der Waals surface area contributed by atoms with E-state index >= 15 is 0 Å². The number of anilines is 1. The highest BCUT2D eigenvalue weighted by molar-refractivity contribution is 5.76. The van der Waals surface area contributed by atoms with E-state index in [1.54, 1.807) is 18.6 Å². The van der Waals surface area contributed by atoms with Crippen LogP contribution in [0, 0.1) is 13.8 Å². The summed E-state index contributed by atoms with van der Waals surface area (Å²) in [5.74, 6) is 1.51. The lowest BCUT2D eigenvalue weighted by Gasteiger charge is -2.17. The van der Waals surface area contributed by atoms with Crippen molar-refractivity contribution in [3.05, 3.63) is 53.8 Å². The van der Waals surface area contributed by atoms with Crippen molar-refractivity contribution in [1.82, 2.24) is 25.4 Å². The molecule has 0 spiro atoms. The zero-order valence-electron chi connectivity index (χ0n) is 16.6. The number of carbonyl (C=O) groups excluding carboxylic acids is 1. The first-order valence-corrected chi connectivity index (χ1v) is 9.79. The molecule has 1 aliphatic rings. The minimum atomic E-state index is 0.0434. The molecule has 0 aliphatic carbocycles. The first-order valence-electron chi connectivity index (χ1n) is 9.79. The second-order valence-electron chi connectivity index (χ2n) is 7.29. The summed E-state index contributed by atoms with van der Waals surface area (Å²) in [5.41, 5.74) is 3.68. The van der Waals surface area contributed by atoms with Gasteiger partial charge in [0.25, 0.3) is 0 Å². The molecular weight excluding hydrogens is 368 g/mol. The van der Waals surface area contributed by atoms with E-state index in [2.05, 4.69) is 30.3 Å². The predicted octanol–water partition coefficient (Wildman–Crippen LogP) is 2.47. The molecule has 0 radical (unpaired) electrons. The highest BCUT2D eigenvalue weighted by Gasteiger charge is 2.26. The average Bonchev–Trinajstić information content (AvgIpc) is 3.34. The molecule has 4 heterocycles. The number of amides is 1. The van der Waals surface area contributed by atoms with Gasteiger partial charge in [0, 0.05) is 55.3 Å². The number of hydrogen-bond donors (Lipinski definition) is 1. The first kappa shape index (κ1) is 19.0. The molecule has 1 amide bonds. The van der Waals surface area contributed by atoms with Gasteiger partial charge in [-0.25, -0.2) is 9.97 Å². The third kappa shape index (κ3) is 4.42. The molecule has 3 aromatic heterocycles. The molecule has 3 aromatic rings. The fraction of sp³-hybridized carbons (Fsp3) is 0.381. The van der Waals surface area contributed by atoms with Gasteiger partial charge in [-0.15, -0.1) is 0 Å². The number of nitrogens with zero attached hydrogens (tertiary/aromatic N) is 5. The Bertz CT molecular complexity index is 968. The molecule has 1 unspecified atom stereocenters. The zero-order chi connectivity index (χ0) is 20.2. The van der Waals surface area contributed by atoms with Crippen molar-refractivity contribution in [2.75, 3.05) is 18.0 Å². The third-order valence-corrected chi connectivity index (χ3v) is 5.22. The van der Waals surface area contributed by atoms with Crippen LogP contribution >= 0.6 is 0 Å². The molecule has 8 heteroatoms. The monoisotopic (exact) mass is 392 g/mol. The van der Waals surface area contributed by atoms with E-state index in [9.17, 15) is 4.79 Å². The van der Waals surface area contributed by atoms with Gasteiger partial charge < -0.3 is 14.7 Å². The second kappa shape index (κ2) is 8.38. The fourth-order valence-electron chi connectivity index (χ4n) is 3.63. The lowest BCUT2D eigenvalue weighted by atomic mass is 10.1. The van der Waals surface area contributed by atoms with Crippen LogP contribution in [0.2, 0.25) is 0 Å². The van der Waals surface area contributed by atoms with Crippen LogP contribution in [0.5, 0.6) is 0 Å². The Hall–Kier alpha value is -3.29. The van der Waals surface area contributed by atoms with Crippen LogP contribution in [0.25, 0.3) is 11.3 Å². The molecule has 0 aromatic carbocycles. The van der Waals surface area contributed by atoms with E-state index in [-0.39, 0.29) is 11.9 Å². The summed E-state index contributed by atoms with van der Waals surface area (Å²) in [6, 6.07) is 5.84. The Balaban J connectivity index is 1.33. The van der Waals surface area contributed by atoms with Crippen LogP contribution in [-0.2, 0) is 11.2 Å². The van der Waals surface area contributed by atoms with E-state index in [4.69, 9.17) is 4.52 Å². The highest BCUT2D eigenvalue weighted by atomic mass is 16.5. The van der Waals surface area contributed by atoms with Crippen molar-refractivity contribution >= 4 is 11.9 Å². The van der Waals surface area contributed by atoms with Crippen LogP contribution in [0.4, 0.5) is 5.95 Å². The smallest absolute Gasteiger partial charge is 0.225 e. The number of carbonyl (C=O) groups is 1. The number of rotatable bonds is 6. The summed E-state index contributed by atoms with van der Waals surface area (Å²) in [5, 5.41) is 7.07. The Morgan fingerprint density at radius 1 is 1.31 bits per heavy atom. The maximum atomic E-state index is 12.4. The van der Waals surface area contributed by atoms with Crippen molar-refractivity contribution in [1.29, 1.82) is 0 Å². The minimum Gasteiger partial charge on any atom is -0.361 e. The van der Waals surface area contributed by atoms with Crippen molar-refractivity contribution in [2.24, 2.45) is 0 Å². The molecule has 1 saturated heterocycles. The fourth-order valence-corrected chi connectivity index (χ4v) is 3.63. The van der Waals surface area contributed by atoms with Crippen molar-refractivity contribution in [2.45, 2.75) is 39.2 Å². The summed E-state index contributed by atoms with van der Waals surface area (Å²) in [6.45, 7) is 5.29. The topological polar surface area (TPSA) is 97.0 Å². The summed E-state index contributed by atoms with van der Waals surface area (Å²) < 4.78 is 5.16. The van der Waals surface area contributed by atoms with E-state index in [1.807, 2.05) is 32.0 Å². The van der Waals surface area contributed by atoms with Crippen LogP contribution < -0.4 is 10.2 Å². The van der Waals surface area contributed by atoms with E-state index in [1.165, 1.54) is 0 Å². The second-order valence-corrected chi connectivity index (χ2v) is 7.29. The molecule has 0 bridgehead atoms. The van der Waals surface area contributed by atoms with Gasteiger partial charge in [-0.05, 0) is 44.9 Å². The van der Waals surface area contributed by atoms with Crippen molar-refractivity contribution < 1.29 is 9.32 Å². The highest BCUT2D eigenvalue weighted by Crippen LogP contribution is 2.21. The molecule has 0 saturated carbocycles. The first-order chi connectivity index (χ1) is 14.1. The minimum absolute atomic E-state index is 0.0434. The summed E-state index contributed by atoms with van der Waals surface area (Å²) >= 11 is 0. The molecule has 4 rings (SSSR count). The summed E-state index contributed by atoms with van der Waals surface area (Å²) in [4.78, 5) is 27.7. The Morgan fingerprint density at radius 2 is 2.21 bits per heavy atom. The lowest BCUT2D eigenvalue weighted by molar-refractivity contribution is -0.121. The van der Waals surface area contributed by atoms with Crippen LogP contribution in [-0.4, -0.2) is 45.1 Å². The number of aryl methyl sites for hydroxylation is 2. The molecule has 29 heavy (non-hydrogen) atoms. The number of aromatic nitrogens is 4. The van der Waals surface area contributed by atoms with Crippen molar-refractivity contribution in [3.8, 4) is 11.3 Å². The van der Waals surface area contributed by atoms with Gasteiger partial charge in [-0.2, -0.15) is 0 Å². The van der Waals surface area contributed by atoms with E-state index in [0.717, 1.165) is 41.2 Å². The molecular formula is C21H24N6O2. The van der Waals surface area contributed by atoms with Crippen LogP contribution in [0.15, 0.2) is 41.3 Å². The quantitative estimate of drug-likeness (QED) is 0.688. The molecule has 8 nitrogen and oxygen atoms in total. The normalized spacial score (nSPS) is 16.2. The predicted molar refractivity (Wildman–Crippen MR) is 108 cm³/mol. The van der Waals surface area contributed by atoms with E-state index < -0.39 is 0 Å². The van der Waals surface area contributed by atoms with Crippen LogP contribution in [0.3, 0.4) is 0 Å². The number of hydrogen-bond acceptors (Lipinski definition) is 7. The summed E-state index contributed by atoms with van der Waals surface area (Å²) in [7, 11) is 0. The molecule has 1 N–H and O–H groups in total. The largest absolute Gasteiger partial charge is 0.361 e. The molecule has 1 aliphatic heterocycles. The van der Waals surface area contributed by atoms with Gasteiger partial charge in [0.15, 0.2) is 0 Å². The molecule has 150 valence electrons. The lowest BCUT2D eigenvalue weighted by Crippen LogP contribution is -2.37. The molecule has 1 atom stereocenters. The van der Waals surface area contributed by atoms with Gasteiger partial charge in [-0.1, -0.05) is 5.16 Å². The third-order valence-electron chi connectivity index (χ3n) is 5.22. The van der Waals surface area contributed by atoms with Crippen molar-refractivity contribution in [3.63, 3.8) is 0 Å². The van der Waals surface area contributed by atoms with Gasteiger partial charge in [0.2, 0.25) is 11.9 Å². The van der Waals surface area contributed by atoms with Gasteiger partial charge in [-0.3, -0.25) is 9.78 Å². The number of nitrogens with one attached hydrogen (secondary N) is 1. The average molecular weight is 392 g/mol. The maximum Gasteiger partial charge on any atom is 0.225 e. The van der Waals surface area contributed by atoms with E-state index in [0.29, 0.717) is 25.3 Å². The Morgan fingerprint density at radius 3 is 2.97 bits per heavy atom. The Labute approximate surface area is 169 Å². The van der Waals surface area contributed by atoms with Gasteiger partial charge >= 0.3 is 0 Å². The van der Waals surface area contributed by atoms with Crippen LogP contribution in [0.1, 0.15) is 29.9 Å². The SMILES string of the molecule is Cc1noc(C)c1CCC(=O)NC1CCN(c2nccc(-c3cccnc3)n2)C1. The number of pyridine rings is 1. The van der Waals surface area contributed by atoms with Gasteiger partial charge in [0.1, 0.15) is 5.76 Å². The van der Waals surface area contributed by atoms with Gasteiger partial charge in [0.05, 0.1) is 11.4 Å². The Kier molecular flexibility index (Phi) is 5.50. The maximum absolute atomic E-state index is 12.4.